The molecule has 3 rings (SSSR count). The Bertz CT molecular complexity index is 389. The predicted octanol–water partition coefficient (Wildman–Crippen LogP) is 3.23. The van der Waals surface area contributed by atoms with Gasteiger partial charge < -0.3 is 5.32 Å². The molecular weight excluding hydrogens is 296 g/mol. The zero-order valence-corrected chi connectivity index (χ0v) is 12.6. The third-order valence-corrected chi connectivity index (χ3v) is 5.52. The smallest absolute Gasteiger partial charge is 0.0303 e. The van der Waals surface area contributed by atoms with E-state index in [1.165, 1.54) is 35.2 Å². The molecule has 94 valence electrons. The van der Waals surface area contributed by atoms with E-state index in [4.69, 9.17) is 0 Å². The summed E-state index contributed by atoms with van der Waals surface area (Å²) in [7, 11) is 0. The fraction of sp³-hybridized carbons (Fsp3) is 0.692. The molecule has 1 aliphatic heterocycles. The minimum absolute atomic E-state index is 0.687. The first kappa shape index (κ1) is 12.2. The average molecular weight is 315 g/mol. The second-order valence-corrected chi connectivity index (χ2v) is 7.23. The van der Waals surface area contributed by atoms with E-state index in [-0.39, 0.29) is 0 Å². The summed E-state index contributed by atoms with van der Waals surface area (Å²) in [5, 5.41) is 5.86. The Morgan fingerprint density at radius 1 is 1.53 bits per heavy atom. The van der Waals surface area contributed by atoms with Crippen molar-refractivity contribution in [3.8, 4) is 0 Å². The molecular formula is C13H19BrN2S. The van der Waals surface area contributed by atoms with E-state index in [9.17, 15) is 0 Å². The highest BCUT2D eigenvalue weighted by Gasteiger charge is 2.38. The van der Waals surface area contributed by atoms with Gasteiger partial charge in [-0.25, -0.2) is 0 Å². The van der Waals surface area contributed by atoms with Crippen molar-refractivity contribution in [1.29, 1.82) is 0 Å². The lowest BCUT2D eigenvalue weighted by molar-refractivity contribution is 0.255. The van der Waals surface area contributed by atoms with Gasteiger partial charge in [-0.05, 0) is 48.2 Å². The van der Waals surface area contributed by atoms with Gasteiger partial charge in [-0.3, -0.25) is 4.90 Å². The van der Waals surface area contributed by atoms with E-state index < -0.39 is 0 Å². The molecule has 1 saturated heterocycles. The number of hydrogen-bond acceptors (Lipinski definition) is 3. The van der Waals surface area contributed by atoms with Crippen LogP contribution >= 0.6 is 27.3 Å². The lowest BCUT2D eigenvalue weighted by Crippen LogP contribution is -2.33. The van der Waals surface area contributed by atoms with E-state index in [2.05, 4.69) is 44.5 Å². The molecule has 1 aromatic rings. The van der Waals surface area contributed by atoms with Crippen molar-refractivity contribution in [1.82, 2.24) is 10.2 Å². The van der Waals surface area contributed by atoms with Gasteiger partial charge in [0.25, 0.3) is 0 Å². The molecule has 2 aliphatic rings. The Balaban J connectivity index is 1.49. The predicted molar refractivity (Wildman–Crippen MR) is 76.5 cm³/mol. The maximum atomic E-state index is 3.70. The zero-order chi connectivity index (χ0) is 11.8. The maximum absolute atomic E-state index is 3.70. The van der Waals surface area contributed by atoms with Crippen LogP contribution in [0, 0.1) is 0 Å². The second kappa shape index (κ2) is 5.00. The fourth-order valence-electron chi connectivity index (χ4n) is 2.81. The van der Waals surface area contributed by atoms with Gasteiger partial charge in [0.1, 0.15) is 0 Å². The van der Waals surface area contributed by atoms with Gasteiger partial charge in [-0.1, -0.05) is 0 Å². The molecule has 0 aromatic carbocycles. The molecule has 4 heteroatoms. The highest BCUT2D eigenvalue weighted by atomic mass is 79.9. The van der Waals surface area contributed by atoms with Crippen LogP contribution in [0.2, 0.25) is 0 Å². The van der Waals surface area contributed by atoms with E-state index >= 15 is 0 Å². The summed E-state index contributed by atoms with van der Waals surface area (Å²) >= 11 is 5.34. The zero-order valence-electron chi connectivity index (χ0n) is 10.2. The number of likely N-dealkylation sites (tertiary alicyclic amines) is 1. The fourth-order valence-corrected chi connectivity index (χ4v) is 4.21. The van der Waals surface area contributed by atoms with Crippen LogP contribution in [0.5, 0.6) is 0 Å². The van der Waals surface area contributed by atoms with Gasteiger partial charge in [0, 0.05) is 45.9 Å². The molecule has 0 spiro atoms. The molecule has 1 saturated carbocycles. The molecule has 0 bridgehead atoms. The van der Waals surface area contributed by atoms with Crippen LogP contribution in [0.4, 0.5) is 0 Å². The summed E-state index contributed by atoms with van der Waals surface area (Å²) in [6.07, 6.45) is 4.16. The number of nitrogens with one attached hydrogen (secondary N) is 1. The Morgan fingerprint density at radius 3 is 3.00 bits per heavy atom. The monoisotopic (exact) mass is 314 g/mol. The minimum Gasteiger partial charge on any atom is -0.308 e. The van der Waals surface area contributed by atoms with Gasteiger partial charge in [0.05, 0.1) is 0 Å². The molecule has 0 radical (unpaired) electrons. The highest BCUT2D eigenvalue weighted by Crippen LogP contribution is 2.33. The molecule has 2 fully saturated rings. The summed E-state index contributed by atoms with van der Waals surface area (Å²) in [5.74, 6) is 0. The number of nitrogens with zero attached hydrogens (tertiary/aromatic N) is 1. The largest absolute Gasteiger partial charge is 0.308 e. The van der Waals surface area contributed by atoms with Gasteiger partial charge >= 0.3 is 0 Å². The number of thiophene rings is 1. The quantitative estimate of drug-likeness (QED) is 0.918. The molecule has 2 nitrogen and oxygen atoms in total. The first-order valence-corrected chi connectivity index (χ1v) is 8.11. The van der Waals surface area contributed by atoms with Crippen molar-refractivity contribution in [3.63, 3.8) is 0 Å². The van der Waals surface area contributed by atoms with Crippen LogP contribution in [-0.4, -0.2) is 29.6 Å². The van der Waals surface area contributed by atoms with Crippen molar-refractivity contribution < 1.29 is 0 Å². The summed E-state index contributed by atoms with van der Waals surface area (Å²) in [6, 6.07) is 4.59. The molecule has 2 atom stereocenters. The van der Waals surface area contributed by atoms with E-state index in [1.807, 2.05) is 11.3 Å². The van der Waals surface area contributed by atoms with Crippen molar-refractivity contribution in [3.05, 3.63) is 20.8 Å². The number of hydrogen-bond donors (Lipinski definition) is 1. The third kappa shape index (κ3) is 2.92. The van der Waals surface area contributed by atoms with Gasteiger partial charge in [0.2, 0.25) is 0 Å². The standard InChI is InChI=1S/C13H19BrN2S/c1-9-4-11(7-16(9)12-2-3-12)15-6-13-5-10(14)8-17-13/h5,8-9,11-12,15H,2-4,6-7H2,1H3. The summed E-state index contributed by atoms with van der Waals surface area (Å²) in [5.41, 5.74) is 0. The van der Waals surface area contributed by atoms with Gasteiger partial charge in [-0.2, -0.15) is 0 Å². The Morgan fingerprint density at radius 2 is 2.35 bits per heavy atom. The SMILES string of the molecule is CC1CC(NCc2cc(Br)cs2)CN1C1CC1. The Kier molecular flexibility index (Phi) is 3.57. The number of halogens is 1. The molecule has 0 amide bonds. The van der Waals surface area contributed by atoms with Crippen molar-refractivity contribution in [2.75, 3.05) is 6.54 Å². The normalized spacial score (nSPS) is 30.0. The summed E-state index contributed by atoms with van der Waals surface area (Å²) in [4.78, 5) is 4.12. The average Bonchev–Trinajstić information content (AvgIpc) is 2.95. The summed E-state index contributed by atoms with van der Waals surface area (Å²) in [6.45, 7) is 4.65. The topological polar surface area (TPSA) is 15.3 Å². The van der Waals surface area contributed by atoms with E-state index in [0.717, 1.165) is 18.6 Å². The van der Waals surface area contributed by atoms with Gasteiger partial charge in [0.15, 0.2) is 0 Å². The number of rotatable bonds is 4. The lowest BCUT2D eigenvalue weighted by atomic mass is 10.2. The van der Waals surface area contributed by atoms with Crippen molar-refractivity contribution in [2.24, 2.45) is 0 Å². The Hall–Kier alpha value is 0.1000. The van der Waals surface area contributed by atoms with Crippen LogP contribution in [0.1, 0.15) is 31.1 Å². The highest BCUT2D eigenvalue weighted by molar-refractivity contribution is 9.10. The first-order valence-electron chi connectivity index (χ1n) is 6.44. The lowest BCUT2D eigenvalue weighted by Gasteiger charge is -2.19. The molecule has 1 aromatic heterocycles. The molecule has 1 N–H and O–H groups in total. The molecule has 2 heterocycles. The van der Waals surface area contributed by atoms with Crippen LogP contribution < -0.4 is 5.32 Å². The van der Waals surface area contributed by atoms with Crippen LogP contribution in [0.25, 0.3) is 0 Å². The van der Waals surface area contributed by atoms with E-state index in [0.29, 0.717) is 6.04 Å². The molecule has 17 heavy (non-hydrogen) atoms. The second-order valence-electron chi connectivity index (χ2n) is 5.32. The minimum atomic E-state index is 0.687. The molecule has 1 aliphatic carbocycles. The van der Waals surface area contributed by atoms with Gasteiger partial charge in [-0.15, -0.1) is 11.3 Å². The summed E-state index contributed by atoms with van der Waals surface area (Å²) < 4.78 is 1.21. The van der Waals surface area contributed by atoms with Crippen LogP contribution in [-0.2, 0) is 6.54 Å². The third-order valence-electron chi connectivity index (χ3n) is 3.83. The Labute approximate surface area is 116 Å². The first-order chi connectivity index (χ1) is 8.22. The molecule has 2 unspecified atom stereocenters. The van der Waals surface area contributed by atoms with Crippen molar-refractivity contribution >= 4 is 27.3 Å². The van der Waals surface area contributed by atoms with Crippen LogP contribution in [0.3, 0.4) is 0 Å². The van der Waals surface area contributed by atoms with Crippen molar-refractivity contribution in [2.45, 2.75) is 50.9 Å². The maximum Gasteiger partial charge on any atom is 0.0303 e. The van der Waals surface area contributed by atoms with E-state index in [1.54, 1.807) is 0 Å². The van der Waals surface area contributed by atoms with Crippen LogP contribution in [0.15, 0.2) is 15.9 Å².